The number of benzene rings is 2. The van der Waals surface area contributed by atoms with Gasteiger partial charge in [-0.15, -0.1) is 0 Å². The number of carbonyl (C=O) groups excluding carboxylic acids is 5. The highest BCUT2D eigenvalue weighted by Gasteiger charge is 2.40. The second kappa shape index (κ2) is 12.2. The van der Waals surface area contributed by atoms with Crippen LogP contribution in [-0.2, 0) is 8.23 Å². The van der Waals surface area contributed by atoms with E-state index in [9.17, 15) is 24.0 Å². The Bertz CT molecular complexity index is 1500. The third-order valence-electron chi connectivity index (χ3n) is 7.92. The summed E-state index contributed by atoms with van der Waals surface area (Å²) in [6.07, 6.45) is 2.93. The molecule has 2 aliphatic heterocycles. The molecule has 0 radical (unpaired) electrons. The molecule has 0 aliphatic carbocycles. The van der Waals surface area contributed by atoms with Gasteiger partial charge in [-0.25, -0.2) is 0 Å². The predicted molar refractivity (Wildman–Crippen MR) is 172 cm³/mol. The van der Waals surface area contributed by atoms with Crippen LogP contribution in [0.15, 0.2) is 36.4 Å². The lowest BCUT2D eigenvalue weighted by Gasteiger charge is -2.39. The SMILES string of the molecule is CCCC[Si](C)(C)O[Si](C)(C)O[Si](C)(C)CCCN1C(=O)c2ccc(C(=O)c3ccc4c(c3)C(=O)N(C)C4=O)cc2C1=O. The third kappa shape index (κ3) is 7.04. The molecule has 0 saturated heterocycles. The summed E-state index contributed by atoms with van der Waals surface area (Å²) in [6, 6.07) is 10.7. The molecule has 12 heteroatoms. The van der Waals surface area contributed by atoms with E-state index in [-0.39, 0.29) is 45.8 Å². The van der Waals surface area contributed by atoms with Gasteiger partial charge in [0.2, 0.25) is 0 Å². The number of hydrogen-bond acceptors (Lipinski definition) is 7. The fourth-order valence-electron chi connectivity index (χ4n) is 6.02. The average molecular weight is 639 g/mol. The lowest BCUT2D eigenvalue weighted by molar-refractivity contribution is 0.0648. The summed E-state index contributed by atoms with van der Waals surface area (Å²) in [5, 5.41) is 0. The molecule has 230 valence electrons. The predicted octanol–water partition coefficient (Wildman–Crippen LogP) is 6.07. The zero-order valence-corrected chi connectivity index (χ0v) is 29.5. The Morgan fingerprint density at radius 2 is 1.12 bits per heavy atom. The minimum absolute atomic E-state index is 0.173. The summed E-state index contributed by atoms with van der Waals surface area (Å²) in [7, 11) is -4.88. The minimum atomic E-state index is -2.34. The van der Waals surface area contributed by atoms with Crippen LogP contribution in [0, 0.1) is 0 Å². The third-order valence-corrected chi connectivity index (χ3v) is 19.4. The van der Waals surface area contributed by atoms with Gasteiger partial charge in [0.05, 0.1) is 22.3 Å². The number of ketones is 1. The van der Waals surface area contributed by atoms with Gasteiger partial charge < -0.3 is 8.23 Å². The van der Waals surface area contributed by atoms with Crippen LogP contribution in [0.2, 0.25) is 51.4 Å². The number of nitrogens with zero attached hydrogens (tertiary/aromatic N) is 2. The van der Waals surface area contributed by atoms with E-state index >= 15 is 0 Å². The van der Waals surface area contributed by atoms with Gasteiger partial charge in [0.25, 0.3) is 23.6 Å². The molecule has 0 atom stereocenters. The van der Waals surface area contributed by atoms with Gasteiger partial charge in [-0.05, 0) is 82.1 Å². The quantitative estimate of drug-likeness (QED) is 0.149. The highest BCUT2D eigenvalue weighted by molar-refractivity contribution is 6.87. The molecule has 0 unspecified atom stereocenters. The first-order valence-electron chi connectivity index (χ1n) is 14.9. The number of imide groups is 2. The molecule has 0 saturated carbocycles. The Kier molecular flexibility index (Phi) is 9.29. The second-order valence-corrected chi connectivity index (χ2v) is 25.6. The summed E-state index contributed by atoms with van der Waals surface area (Å²) in [4.78, 5) is 66.6. The number of fused-ring (bicyclic) bond motifs is 2. The monoisotopic (exact) mass is 638 g/mol. The van der Waals surface area contributed by atoms with Crippen LogP contribution < -0.4 is 0 Å². The van der Waals surface area contributed by atoms with Crippen LogP contribution in [0.4, 0.5) is 0 Å². The van der Waals surface area contributed by atoms with E-state index in [1.165, 1.54) is 48.3 Å². The molecule has 0 N–H and O–H groups in total. The molecule has 0 fully saturated rings. The van der Waals surface area contributed by atoms with Gasteiger partial charge in [-0.2, -0.15) is 0 Å². The minimum Gasteiger partial charge on any atom is -0.437 e. The second-order valence-electron chi connectivity index (χ2n) is 13.1. The van der Waals surface area contributed by atoms with Crippen molar-refractivity contribution in [2.24, 2.45) is 0 Å². The van der Waals surface area contributed by atoms with Gasteiger partial charge in [0, 0.05) is 24.7 Å². The van der Waals surface area contributed by atoms with Crippen LogP contribution in [0.25, 0.3) is 0 Å². The van der Waals surface area contributed by atoms with Gasteiger partial charge >= 0.3 is 8.56 Å². The summed E-state index contributed by atoms with van der Waals surface area (Å²) in [6.45, 7) is 15.5. The smallest absolute Gasteiger partial charge is 0.311 e. The van der Waals surface area contributed by atoms with Gasteiger partial charge in [-0.1, -0.05) is 31.9 Å². The highest BCUT2D eigenvalue weighted by atomic mass is 28.5. The van der Waals surface area contributed by atoms with Crippen molar-refractivity contribution >= 4 is 54.6 Å². The Morgan fingerprint density at radius 1 is 0.674 bits per heavy atom. The lowest BCUT2D eigenvalue weighted by atomic mass is 9.96. The molecular formula is C31H42N2O7Si3. The van der Waals surface area contributed by atoms with Crippen LogP contribution in [0.1, 0.15) is 83.5 Å². The number of carbonyl (C=O) groups is 5. The van der Waals surface area contributed by atoms with E-state index in [2.05, 4.69) is 46.2 Å². The number of amides is 4. The fourth-order valence-corrected chi connectivity index (χ4v) is 20.2. The standard InChI is InChI=1S/C31H42N2O7Si3/c1-9-10-17-41(3,4)39-43(7,8)40-42(5,6)18-11-16-33-30(37)24-15-13-22(20-26(24)31(33)38)27(34)21-12-14-23-25(19-21)29(36)32(2)28(23)35/h12-15,19-20H,9-11,16-18H2,1-8H3. The highest BCUT2D eigenvalue weighted by Crippen LogP contribution is 2.30. The normalized spacial score (nSPS) is 15.4. The van der Waals surface area contributed by atoms with Gasteiger partial charge in [-0.3, -0.25) is 33.8 Å². The first-order valence-corrected chi connectivity index (χ1v) is 23.9. The molecule has 2 aromatic rings. The number of unbranched alkanes of at least 4 members (excludes halogenated alkanes) is 1. The maximum absolute atomic E-state index is 13.3. The van der Waals surface area contributed by atoms with Crippen molar-refractivity contribution < 1.29 is 32.2 Å². The summed E-state index contributed by atoms with van der Waals surface area (Å²) in [5.74, 6) is -2.07. The largest absolute Gasteiger partial charge is 0.437 e. The molecular weight excluding hydrogens is 597 g/mol. The Balaban J connectivity index is 1.40. The van der Waals surface area contributed by atoms with Crippen molar-refractivity contribution in [1.82, 2.24) is 9.80 Å². The molecule has 4 amide bonds. The van der Waals surface area contributed by atoms with E-state index in [0.717, 1.165) is 29.8 Å². The van der Waals surface area contributed by atoms with Crippen LogP contribution in [-0.4, -0.2) is 78.0 Å². The molecule has 0 spiro atoms. The van der Waals surface area contributed by atoms with E-state index in [1.807, 2.05) is 0 Å². The van der Waals surface area contributed by atoms with E-state index in [1.54, 1.807) is 0 Å². The van der Waals surface area contributed by atoms with Crippen molar-refractivity contribution in [2.45, 2.75) is 77.6 Å². The zero-order valence-electron chi connectivity index (χ0n) is 26.5. The average Bonchev–Trinajstić information content (AvgIpc) is 3.29. The van der Waals surface area contributed by atoms with Gasteiger partial charge in [0.1, 0.15) is 0 Å². The Hall–Kier alpha value is -3.04. The Morgan fingerprint density at radius 3 is 1.65 bits per heavy atom. The number of rotatable bonds is 13. The van der Waals surface area contributed by atoms with Crippen molar-refractivity contribution in [3.8, 4) is 0 Å². The van der Waals surface area contributed by atoms with Crippen molar-refractivity contribution in [1.29, 1.82) is 0 Å². The molecule has 0 bridgehead atoms. The van der Waals surface area contributed by atoms with Crippen LogP contribution >= 0.6 is 0 Å². The molecule has 0 aromatic heterocycles. The maximum Gasteiger partial charge on any atom is 0.311 e. The molecule has 2 aliphatic rings. The fraction of sp³-hybridized carbons (Fsp3) is 0.452. The number of hydrogen-bond donors (Lipinski definition) is 0. The summed E-state index contributed by atoms with van der Waals surface area (Å²) in [5.41, 5.74) is 1.34. The van der Waals surface area contributed by atoms with Crippen LogP contribution in [0.3, 0.4) is 0 Å². The van der Waals surface area contributed by atoms with Crippen molar-refractivity contribution in [2.75, 3.05) is 13.6 Å². The lowest BCUT2D eigenvalue weighted by Crippen LogP contribution is -2.52. The zero-order chi connectivity index (χ0) is 31.9. The first kappa shape index (κ1) is 32.9. The van der Waals surface area contributed by atoms with Crippen molar-refractivity contribution in [3.63, 3.8) is 0 Å². The van der Waals surface area contributed by atoms with E-state index in [4.69, 9.17) is 8.23 Å². The van der Waals surface area contributed by atoms with E-state index < -0.39 is 48.7 Å². The Labute approximate surface area is 257 Å². The molecule has 4 rings (SSSR count). The maximum atomic E-state index is 13.3. The summed E-state index contributed by atoms with van der Waals surface area (Å²) < 4.78 is 13.3. The molecule has 9 nitrogen and oxygen atoms in total. The first-order chi connectivity index (χ1) is 20.0. The van der Waals surface area contributed by atoms with Crippen molar-refractivity contribution in [3.05, 3.63) is 69.8 Å². The molecule has 2 aromatic carbocycles. The van der Waals surface area contributed by atoms with E-state index in [0.29, 0.717) is 6.42 Å². The summed E-state index contributed by atoms with van der Waals surface area (Å²) >= 11 is 0. The molecule has 2 heterocycles. The van der Waals surface area contributed by atoms with Gasteiger partial charge in [0.15, 0.2) is 22.4 Å². The molecule has 43 heavy (non-hydrogen) atoms. The topological polar surface area (TPSA) is 110 Å². The van der Waals surface area contributed by atoms with Crippen LogP contribution in [0.5, 0.6) is 0 Å².